The number of benzene rings is 1. The Kier molecular flexibility index (Phi) is 5.74. The van der Waals surface area contributed by atoms with E-state index in [0.29, 0.717) is 32.1 Å². The molecular formula is C17H19FN6O3. The Morgan fingerprint density at radius 2 is 1.93 bits per heavy atom. The SMILES string of the molecule is O=C(CCNc1ccc(F)cc1[N+](=O)[O-])N1CCN(c2ncccn2)CC1. The van der Waals surface area contributed by atoms with Crippen LogP contribution >= 0.6 is 0 Å². The number of carbonyl (C=O) groups is 1. The standard InChI is InChI=1S/C17H19FN6O3/c18-13-2-3-14(15(12-13)24(26)27)19-7-4-16(25)22-8-10-23(11-9-22)17-20-5-1-6-21-17/h1-3,5-6,12,19H,4,7-11H2. The first-order valence-corrected chi connectivity index (χ1v) is 8.52. The molecule has 0 bridgehead atoms. The molecule has 10 heteroatoms. The summed E-state index contributed by atoms with van der Waals surface area (Å²) in [6.07, 6.45) is 3.55. The van der Waals surface area contributed by atoms with Crippen LogP contribution in [0.3, 0.4) is 0 Å². The van der Waals surface area contributed by atoms with Crippen LogP contribution in [0.2, 0.25) is 0 Å². The van der Waals surface area contributed by atoms with Gasteiger partial charge in [0, 0.05) is 51.5 Å². The molecule has 1 saturated heterocycles. The number of nitrogens with one attached hydrogen (secondary N) is 1. The van der Waals surface area contributed by atoms with Crippen molar-refractivity contribution in [3.05, 3.63) is 52.6 Å². The Bertz CT molecular complexity index is 812. The molecule has 0 spiro atoms. The fourth-order valence-corrected chi connectivity index (χ4v) is 2.88. The van der Waals surface area contributed by atoms with E-state index in [1.165, 1.54) is 6.07 Å². The van der Waals surface area contributed by atoms with Crippen LogP contribution in [0.5, 0.6) is 0 Å². The van der Waals surface area contributed by atoms with Crippen LogP contribution in [-0.2, 0) is 4.79 Å². The van der Waals surface area contributed by atoms with Gasteiger partial charge in [-0.2, -0.15) is 0 Å². The van der Waals surface area contributed by atoms with Gasteiger partial charge < -0.3 is 15.1 Å². The van der Waals surface area contributed by atoms with Crippen molar-refractivity contribution >= 4 is 23.2 Å². The minimum absolute atomic E-state index is 0.0408. The van der Waals surface area contributed by atoms with Crippen LogP contribution in [0.25, 0.3) is 0 Å². The number of nitro groups is 1. The zero-order valence-corrected chi connectivity index (χ0v) is 14.5. The van der Waals surface area contributed by atoms with Crippen molar-refractivity contribution in [2.75, 3.05) is 42.9 Å². The van der Waals surface area contributed by atoms with E-state index in [4.69, 9.17) is 0 Å². The largest absolute Gasteiger partial charge is 0.379 e. The third-order valence-corrected chi connectivity index (χ3v) is 4.28. The zero-order chi connectivity index (χ0) is 19.2. The first-order chi connectivity index (χ1) is 13.0. The molecule has 0 aliphatic carbocycles. The van der Waals surface area contributed by atoms with Gasteiger partial charge in [0.15, 0.2) is 0 Å². The van der Waals surface area contributed by atoms with Crippen molar-refractivity contribution in [3.63, 3.8) is 0 Å². The van der Waals surface area contributed by atoms with E-state index >= 15 is 0 Å². The quantitative estimate of drug-likeness (QED) is 0.606. The highest BCUT2D eigenvalue weighted by Gasteiger charge is 2.22. The van der Waals surface area contributed by atoms with E-state index in [1.807, 2.05) is 4.90 Å². The highest BCUT2D eigenvalue weighted by atomic mass is 19.1. The summed E-state index contributed by atoms with van der Waals surface area (Å²) >= 11 is 0. The Labute approximate surface area is 155 Å². The summed E-state index contributed by atoms with van der Waals surface area (Å²) in [5, 5.41) is 13.8. The Balaban J connectivity index is 1.48. The minimum atomic E-state index is -0.677. The van der Waals surface area contributed by atoms with Crippen LogP contribution in [0.15, 0.2) is 36.7 Å². The van der Waals surface area contributed by atoms with Crippen molar-refractivity contribution in [3.8, 4) is 0 Å². The highest BCUT2D eigenvalue weighted by molar-refractivity contribution is 5.77. The number of piperazine rings is 1. The number of nitro benzene ring substituents is 1. The summed E-state index contributed by atoms with van der Waals surface area (Å²) in [5.74, 6) is -0.0700. The molecule has 1 aliphatic heterocycles. The van der Waals surface area contributed by atoms with E-state index in [1.54, 1.807) is 23.4 Å². The van der Waals surface area contributed by atoms with E-state index in [2.05, 4.69) is 15.3 Å². The van der Waals surface area contributed by atoms with Crippen LogP contribution in [0, 0.1) is 15.9 Å². The molecule has 1 fully saturated rings. The maximum Gasteiger partial charge on any atom is 0.295 e. The highest BCUT2D eigenvalue weighted by Crippen LogP contribution is 2.24. The molecule has 1 aliphatic rings. The van der Waals surface area contributed by atoms with Gasteiger partial charge in [0.2, 0.25) is 11.9 Å². The maximum atomic E-state index is 13.1. The van der Waals surface area contributed by atoms with E-state index in [-0.39, 0.29) is 30.2 Å². The van der Waals surface area contributed by atoms with Crippen molar-refractivity contribution in [1.29, 1.82) is 0 Å². The second-order valence-electron chi connectivity index (χ2n) is 6.01. The van der Waals surface area contributed by atoms with Crippen LogP contribution < -0.4 is 10.2 Å². The van der Waals surface area contributed by atoms with Gasteiger partial charge in [-0.25, -0.2) is 14.4 Å². The van der Waals surface area contributed by atoms with E-state index < -0.39 is 10.7 Å². The van der Waals surface area contributed by atoms with Crippen LogP contribution in [0.4, 0.5) is 21.7 Å². The lowest BCUT2D eigenvalue weighted by molar-refractivity contribution is -0.384. The number of halogens is 1. The summed E-state index contributed by atoms with van der Waals surface area (Å²) in [6.45, 7) is 2.65. The molecule has 0 saturated carbocycles. The molecule has 142 valence electrons. The predicted octanol–water partition coefficient (Wildman–Crippen LogP) is 1.67. The summed E-state index contributed by atoms with van der Waals surface area (Å²) in [5.41, 5.74) is -0.154. The van der Waals surface area contributed by atoms with Crippen molar-refractivity contribution in [2.24, 2.45) is 0 Å². The lowest BCUT2D eigenvalue weighted by Gasteiger charge is -2.34. The van der Waals surface area contributed by atoms with Gasteiger partial charge in [0.25, 0.3) is 5.69 Å². The van der Waals surface area contributed by atoms with E-state index in [0.717, 1.165) is 12.1 Å². The molecule has 0 radical (unpaired) electrons. The monoisotopic (exact) mass is 374 g/mol. The molecule has 9 nitrogen and oxygen atoms in total. The molecule has 1 N–H and O–H groups in total. The van der Waals surface area contributed by atoms with Gasteiger partial charge in [-0.3, -0.25) is 14.9 Å². The van der Waals surface area contributed by atoms with E-state index in [9.17, 15) is 19.3 Å². The van der Waals surface area contributed by atoms with Gasteiger partial charge >= 0.3 is 0 Å². The van der Waals surface area contributed by atoms with Crippen LogP contribution in [0.1, 0.15) is 6.42 Å². The number of anilines is 2. The maximum absolute atomic E-state index is 13.1. The molecular weight excluding hydrogens is 355 g/mol. The average molecular weight is 374 g/mol. The summed E-state index contributed by atoms with van der Waals surface area (Å²) in [6, 6.07) is 5.05. The van der Waals surface area contributed by atoms with Crippen LogP contribution in [-0.4, -0.2) is 58.4 Å². The lowest BCUT2D eigenvalue weighted by atomic mass is 10.2. The molecule has 2 aromatic rings. The molecule has 2 heterocycles. The molecule has 1 aromatic heterocycles. The summed E-state index contributed by atoms with van der Waals surface area (Å²) < 4.78 is 13.1. The predicted molar refractivity (Wildman–Crippen MR) is 97.0 cm³/mol. The van der Waals surface area contributed by atoms with Gasteiger partial charge in [0.1, 0.15) is 11.5 Å². The fourth-order valence-electron chi connectivity index (χ4n) is 2.88. The molecule has 1 aromatic carbocycles. The summed E-state index contributed by atoms with van der Waals surface area (Å²) in [7, 11) is 0. The third kappa shape index (κ3) is 4.66. The number of hydrogen-bond donors (Lipinski definition) is 1. The number of aromatic nitrogens is 2. The zero-order valence-electron chi connectivity index (χ0n) is 14.5. The van der Waals surface area contributed by atoms with Gasteiger partial charge in [-0.1, -0.05) is 0 Å². The number of rotatable bonds is 6. The van der Waals surface area contributed by atoms with Gasteiger partial charge in [0.05, 0.1) is 11.0 Å². The van der Waals surface area contributed by atoms with Gasteiger partial charge in [-0.05, 0) is 18.2 Å². The molecule has 3 rings (SSSR count). The molecule has 27 heavy (non-hydrogen) atoms. The first kappa shape index (κ1) is 18.5. The fraction of sp³-hybridized carbons (Fsp3) is 0.353. The number of nitrogens with zero attached hydrogens (tertiary/aromatic N) is 5. The second-order valence-corrected chi connectivity index (χ2v) is 6.01. The number of carbonyl (C=O) groups excluding carboxylic acids is 1. The Morgan fingerprint density at radius 1 is 1.22 bits per heavy atom. The topological polar surface area (TPSA) is 104 Å². The van der Waals surface area contributed by atoms with Crippen molar-refractivity contribution in [1.82, 2.24) is 14.9 Å². The van der Waals surface area contributed by atoms with Gasteiger partial charge in [-0.15, -0.1) is 0 Å². The molecule has 1 amide bonds. The lowest BCUT2D eigenvalue weighted by Crippen LogP contribution is -2.49. The Morgan fingerprint density at radius 3 is 2.59 bits per heavy atom. The minimum Gasteiger partial charge on any atom is -0.379 e. The third-order valence-electron chi connectivity index (χ3n) is 4.28. The average Bonchev–Trinajstić information content (AvgIpc) is 2.69. The number of hydrogen-bond acceptors (Lipinski definition) is 7. The number of amides is 1. The smallest absolute Gasteiger partial charge is 0.295 e. The van der Waals surface area contributed by atoms with Crippen molar-refractivity contribution in [2.45, 2.75) is 6.42 Å². The second kappa shape index (κ2) is 8.39. The summed E-state index contributed by atoms with van der Waals surface area (Å²) in [4.78, 5) is 34.8. The van der Waals surface area contributed by atoms with Crippen molar-refractivity contribution < 1.29 is 14.1 Å². The first-order valence-electron chi connectivity index (χ1n) is 8.52. The molecule has 0 unspecified atom stereocenters. The molecule has 0 atom stereocenters. The normalized spacial score (nSPS) is 14.1. The Hall–Kier alpha value is -3.30.